The number of amides is 1. The maximum Gasteiger partial charge on any atom is 0.250 e. The van der Waals surface area contributed by atoms with Crippen LogP contribution < -0.4 is 10.9 Å². The molecule has 4 heteroatoms. The largest absolute Gasteiger partial charge is 0.348 e. The minimum Gasteiger partial charge on any atom is -0.348 e. The molecule has 0 saturated heterocycles. The Labute approximate surface area is 124 Å². The monoisotopic (exact) mass is 284 g/mol. The molecule has 1 heterocycles. The van der Waals surface area contributed by atoms with Crippen LogP contribution in [0.3, 0.4) is 0 Å². The van der Waals surface area contributed by atoms with Crippen LogP contribution in [0.2, 0.25) is 0 Å². The number of aryl methyl sites for hydroxylation is 1. The van der Waals surface area contributed by atoms with E-state index in [4.69, 9.17) is 0 Å². The third kappa shape index (κ3) is 4.05. The van der Waals surface area contributed by atoms with Crippen LogP contribution in [0.1, 0.15) is 31.0 Å². The molecule has 110 valence electrons. The minimum atomic E-state index is -0.174. The second-order valence-corrected chi connectivity index (χ2v) is 5.05. The molecule has 1 unspecified atom stereocenters. The Balaban J connectivity index is 1.98. The van der Waals surface area contributed by atoms with Crippen molar-refractivity contribution >= 4 is 5.91 Å². The molecule has 0 spiro atoms. The smallest absolute Gasteiger partial charge is 0.250 e. The zero-order valence-electron chi connectivity index (χ0n) is 12.4. The number of nitrogens with one attached hydrogen (secondary N) is 1. The van der Waals surface area contributed by atoms with Gasteiger partial charge in [-0.1, -0.05) is 37.3 Å². The van der Waals surface area contributed by atoms with E-state index >= 15 is 0 Å². The molecule has 21 heavy (non-hydrogen) atoms. The third-order valence-electron chi connectivity index (χ3n) is 3.48. The number of rotatable bonds is 5. The molecule has 2 aromatic rings. The summed E-state index contributed by atoms with van der Waals surface area (Å²) in [6.45, 7) is 4.08. The lowest BCUT2D eigenvalue weighted by Crippen LogP contribution is -2.33. The lowest BCUT2D eigenvalue weighted by Gasteiger charge is -2.15. The molecule has 0 bridgehead atoms. The number of carbonyl (C=O) groups excluding carboxylic acids is 1. The average molecular weight is 284 g/mol. The van der Waals surface area contributed by atoms with Gasteiger partial charge in [0.1, 0.15) is 6.54 Å². The molecule has 0 fully saturated rings. The number of aromatic nitrogens is 1. The molecule has 1 atom stereocenters. The molecule has 4 nitrogen and oxygen atoms in total. The zero-order valence-corrected chi connectivity index (χ0v) is 12.4. The molecule has 0 radical (unpaired) electrons. The lowest BCUT2D eigenvalue weighted by molar-refractivity contribution is -0.122. The SMILES string of the molecule is CCc1ccc(C(C)NC(=O)Cn2ccccc2=O)cc1. The maximum absolute atomic E-state index is 12.0. The van der Waals surface area contributed by atoms with E-state index in [1.54, 1.807) is 18.3 Å². The normalized spacial score (nSPS) is 11.9. The van der Waals surface area contributed by atoms with Crippen LogP contribution in [0.25, 0.3) is 0 Å². The molecule has 2 rings (SSSR count). The van der Waals surface area contributed by atoms with Gasteiger partial charge in [0.2, 0.25) is 5.91 Å². The maximum atomic E-state index is 12.0. The van der Waals surface area contributed by atoms with E-state index in [-0.39, 0.29) is 24.1 Å². The fourth-order valence-corrected chi connectivity index (χ4v) is 2.16. The summed E-state index contributed by atoms with van der Waals surface area (Å²) >= 11 is 0. The predicted molar refractivity (Wildman–Crippen MR) is 83.1 cm³/mol. The van der Waals surface area contributed by atoms with Crippen LogP contribution in [0.5, 0.6) is 0 Å². The Morgan fingerprint density at radius 3 is 2.52 bits per heavy atom. The van der Waals surface area contributed by atoms with E-state index in [1.165, 1.54) is 16.2 Å². The third-order valence-corrected chi connectivity index (χ3v) is 3.48. The summed E-state index contributed by atoms with van der Waals surface area (Å²) in [6, 6.07) is 13.0. The zero-order chi connectivity index (χ0) is 15.2. The van der Waals surface area contributed by atoms with E-state index < -0.39 is 0 Å². The number of hydrogen-bond donors (Lipinski definition) is 1. The molecule has 0 saturated carbocycles. The van der Waals surface area contributed by atoms with Gasteiger partial charge in [0, 0.05) is 12.3 Å². The van der Waals surface area contributed by atoms with Crippen molar-refractivity contribution in [3.05, 3.63) is 70.1 Å². The summed E-state index contributed by atoms with van der Waals surface area (Å²) in [6.07, 6.45) is 2.61. The van der Waals surface area contributed by atoms with Crippen molar-refractivity contribution in [2.75, 3.05) is 0 Å². The van der Waals surface area contributed by atoms with Crippen molar-refractivity contribution < 1.29 is 4.79 Å². The molecule has 0 aliphatic rings. The molecule has 1 amide bonds. The van der Waals surface area contributed by atoms with Crippen molar-refractivity contribution in [1.29, 1.82) is 0 Å². The number of benzene rings is 1. The van der Waals surface area contributed by atoms with Gasteiger partial charge in [-0.05, 0) is 30.5 Å². The van der Waals surface area contributed by atoms with E-state index in [1.807, 2.05) is 19.1 Å². The highest BCUT2D eigenvalue weighted by atomic mass is 16.2. The van der Waals surface area contributed by atoms with E-state index in [0.717, 1.165) is 12.0 Å². The fraction of sp³-hybridized carbons (Fsp3) is 0.294. The second-order valence-electron chi connectivity index (χ2n) is 5.05. The van der Waals surface area contributed by atoms with Gasteiger partial charge in [0.25, 0.3) is 5.56 Å². The van der Waals surface area contributed by atoms with Crippen LogP contribution in [0, 0.1) is 0 Å². The van der Waals surface area contributed by atoms with Gasteiger partial charge in [-0.2, -0.15) is 0 Å². The summed E-state index contributed by atoms with van der Waals surface area (Å²) in [5.41, 5.74) is 2.15. The molecular formula is C17H20N2O2. The van der Waals surface area contributed by atoms with Gasteiger partial charge in [-0.15, -0.1) is 0 Å². The Morgan fingerprint density at radius 2 is 1.90 bits per heavy atom. The first kappa shape index (κ1) is 15.0. The minimum absolute atomic E-state index is 0.0387. The topological polar surface area (TPSA) is 51.1 Å². The summed E-state index contributed by atoms with van der Waals surface area (Å²) in [4.78, 5) is 23.6. The van der Waals surface area contributed by atoms with Crippen molar-refractivity contribution in [1.82, 2.24) is 9.88 Å². The van der Waals surface area contributed by atoms with Gasteiger partial charge in [-0.25, -0.2) is 0 Å². The molecule has 1 aromatic carbocycles. The Bertz CT molecular complexity index is 659. The van der Waals surface area contributed by atoms with Gasteiger partial charge in [0.05, 0.1) is 6.04 Å². The highest BCUT2D eigenvalue weighted by Gasteiger charge is 2.10. The predicted octanol–water partition coefficient (Wildman–Crippen LogP) is 2.29. The summed E-state index contributed by atoms with van der Waals surface area (Å²) in [5.74, 6) is -0.171. The van der Waals surface area contributed by atoms with Gasteiger partial charge >= 0.3 is 0 Å². The Hall–Kier alpha value is -2.36. The first-order valence-corrected chi connectivity index (χ1v) is 7.14. The van der Waals surface area contributed by atoms with Crippen LogP contribution >= 0.6 is 0 Å². The van der Waals surface area contributed by atoms with Gasteiger partial charge in [0.15, 0.2) is 0 Å². The van der Waals surface area contributed by atoms with Crippen LogP contribution in [-0.4, -0.2) is 10.5 Å². The van der Waals surface area contributed by atoms with E-state index in [0.29, 0.717) is 0 Å². The Kier molecular flexibility index (Phi) is 4.93. The van der Waals surface area contributed by atoms with Gasteiger partial charge < -0.3 is 9.88 Å². The number of carbonyl (C=O) groups is 1. The van der Waals surface area contributed by atoms with Crippen LogP contribution in [0.4, 0.5) is 0 Å². The number of hydrogen-bond acceptors (Lipinski definition) is 2. The average Bonchev–Trinajstić information content (AvgIpc) is 2.49. The summed E-state index contributed by atoms with van der Waals surface area (Å²) in [5, 5.41) is 2.91. The Morgan fingerprint density at radius 1 is 1.19 bits per heavy atom. The molecule has 1 aromatic heterocycles. The van der Waals surface area contributed by atoms with Gasteiger partial charge in [-0.3, -0.25) is 9.59 Å². The highest BCUT2D eigenvalue weighted by Crippen LogP contribution is 2.13. The number of pyridine rings is 1. The molecular weight excluding hydrogens is 264 g/mol. The van der Waals surface area contributed by atoms with Crippen molar-refractivity contribution in [2.45, 2.75) is 32.9 Å². The quantitative estimate of drug-likeness (QED) is 0.916. The van der Waals surface area contributed by atoms with Crippen molar-refractivity contribution in [3.8, 4) is 0 Å². The first-order valence-electron chi connectivity index (χ1n) is 7.14. The standard InChI is InChI=1S/C17H20N2O2/c1-3-14-7-9-15(10-8-14)13(2)18-16(20)12-19-11-5-4-6-17(19)21/h4-11,13H,3,12H2,1-2H3,(H,18,20). The molecule has 1 N–H and O–H groups in total. The summed E-state index contributed by atoms with van der Waals surface area (Å²) in [7, 11) is 0. The van der Waals surface area contributed by atoms with Crippen LogP contribution in [-0.2, 0) is 17.8 Å². The van der Waals surface area contributed by atoms with E-state index in [2.05, 4.69) is 24.4 Å². The molecule has 0 aliphatic carbocycles. The van der Waals surface area contributed by atoms with E-state index in [9.17, 15) is 9.59 Å². The lowest BCUT2D eigenvalue weighted by atomic mass is 10.1. The number of nitrogens with zero attached hydrogens (tertiary/aromatic N) is 1. The van der Waals surface area contributed by atoms with Crippen molar-refractivity contribution in [3.63, 3.8) is 0 Å². The second kappa shape index (κ2) is 6.88. The van der Waals surface area contributed by atoms with Crippen LogP contribution in [0.15, 0.2) is 53.5 Å². The van der Waals surface area contributed by atoms with Crippen molar-refractivity contribution in [2.24, 2.45) is 0 Å². The summed E-state index contributed by atoms with van der Waals surface area (Å²) < 4.78 is 1.39. The fourth-order valence-electron chi connectivity index (χ4n) is 2.16. The molecule has 0 aliphatic heterocycles. The first-order chi connectivity index (χ1) is 10.1. The highest BCUT2D eigenvalue weighted by molar-refractivity contribution is 5.76.